The van der Waals surface area contributed by atoms with Crippen LogP contribution in [0.2, 0.25) is 0 Å². The zero-order valence-corrected chi connectivity index (χ0v) is 15.3. The van der Waals surface area contributed by atoms with Crippen molar-refractivity contribution in [3.63, 3.8) is 0 Å². The van der Waals surface area contributed by atoms with Crippen LogP contribution in [0.25, 0.3) is 11.3 Å². The van der Waals surface area contributed by atoms with Crippen LogP contribution < -0.4 is 5.73 Å². The summed E-state index contributed by atoms with van der Waals surface area (Å²) in [6, 6.07) is 5.09. The second-order valence-corrected chi connectivity index (χ2v) is 6.89. The minimum atomic E-state index is -4.33. The molecule has 0 saturated heterocycles. The molecule has 0 aliphatic heterocycles. The van der Waals surface area contributed by atoms with Crippen LogP contribution >= 0.6 is 12.4 Å². The number of nitrogens with two attached hydrogens (primary N) is 1. The Kier molecular flexibility index (Phi) is 7.05. The van der Waals surface area contributed by atoms with E-state index in [0.717, 1.165) is 29.9 Å². The quantitative estimate of drug-likeness (QED) is 0.803. The number of halogens is 4. The van der Waals surface area contributed by atoms with Crippen molar-refractivity contribution in [3.8, 4) is 11.3 Å². The van der Waals surface area contributed by atoms with Gasteiger partial charge in [-0.25, -0.2) is 0 Å². The lowest BCUT2D eigenvalue weighted by molar-refractivity contribution is -0.137. The number of hydrogen-bond acceptors (Lipinski definition) is 3. The normalized spacial score (nSPS) is 12.3. The third-order valence-corrected chi connectivity index (χ3v) is 3.91. The van der Waals surface area contributed by atoms with Crippen LogP contribution in [0.4, 0.5) is 13.2 Å². The highest BCUT2D eigenvalue weighted by molar-refractivity contribution is 5.85. The van der Waals surface area contributed by atoms with E-state index < -0.39 is 11.7 Å². The fourth-order valence-electron chi connectivity index (χ4n) is 2.65. The third-order valence-electron chi connectivity index (χ3n) is 3.91. The van der Waals surface area contributed by atoms with Crippen molar-refractivity contribution in [1.82, 2.24) is 15.1 Å². The molecule has 0 aliphatic carbocycles. The average molecular weight is 377 g/mol. The van der Waals surface area contributed by atoms with Gasteiger partial charge in [0.2, 0.25) is 0 Å². The predicted molar refractivity (Wildman–Crippen MR) is 95.4 cm³/mol. The summed E-state index contributed by atoms with van der Waals surface area (Å²) >= 11 is 0. The van der Waals surface area contributed by atoms with Gasteiger partial charge in [0.25, 0.3) is 0 Å². The van der Waals surface area contributed by atoms with E-state index in [2.05, 4.69) is 28.9 Å². The molecule has 0 radical (unpaired) electrons. The monoisotopic (exact) mass is 376 g/mol. The number of nitrogens with zero attached hydrogens (tertiary/aromatic N) is 2. The maximum Gasteiger partial charge on any atom is 0.416 e. The molecule has 1 aromatic heterocycles. The first-order chi connectivity index (χ1) is 11.1. The van der Waals surface area contributed by atoms with E-state index in [4.69, 9.17) is 5.73 Å². The second-order valence-electron chi connectivity index (χ2n) is 6.89. The van der Waals surface area contributed by atoms with Gasteiger partial charge in [0, 0.05) is 18.7 Å². The van der Waals surface area contributed by atoms with E-state index >= 15 is 0 Å². The number of alkyl halides is 3. The Hall–Kier alpha value is -1.57. The van der Waals surface area contributed by atoms with Crippen molar-refractivity contribution in [2.45, 2.75) is 26.6 Å². The molecule has 0 unspecified atom stereocenters. The zero-order chi connectivity index (χ0) is 18.0. The number of nitrogens with one attached hydrogen (secondary N) is 1. The highest BCUT2D eigenvalue weighted by Gasteiger charge is 2.30. The van der Waals surface area contributed by atoms with Crippen molar-refractivity contribution in [3.05, 3.63) is 41.6 Å². The van der Waals surface area contributed by atoms with Crippen LogP contribution in [0.3, 0.4) is 0 Å². The minimum absolute atomic E-state index is 0. The maximum atomic E-state index is 12.7. The summed E-state index contributed by atoms with van der Waals surface area (Å²) in [5.74, 6) is 0. The Morgan fingerprint density at radius 1 is 1.16 bits per heavy atom. The summed E-state index contributed by atoms with van der Waals surface area (Å²) in [5.41, 5.74) is 7.45. The van der Waals surface area contributed by atoms with Crippen LogP contribution in [-0.4, -0.2) is 35.2 Å². The fraction of sp³-hybridized carbons (Fsp3) is 0.471. The van der Waals surface area contributed by atoms with Crippen LogP contribution in [-0.2, 0) is 12.7 Å². The molecule has 1 aromatic carbocycles. The molecule has 1 heterocycles. The molecule has 2 aromatic rings. The molecule has 0 atom stereocenters. The maximum absolute atomic E-state index is 12.7. The lowest BCUT2D eigenvalue weighted by atomic mass is 9.93. The molecule has 140 valence electrons. The van der Waals surface area contributed by atoms with Gasteiger partial charge in [0.15, 0.2) is 0 Å². The molecule has 0 saturated carbocycles. The predicted octanol–water partition coefficient (Wildman–Crippen LogP) is 3.93. The SMILES string of the molecule is CN(Cc1cn[nH]c1-c1ccc(C(F)(F)F)cc1)CC(C)(C)CN.Cl. The van der Waals surface area contributed by atoms with Crippen LogP contribution in [0.15, 0.2) is 30.5 Å². The topological polar surface area (TPSA) is 57.9 Å². The summed E-state index contributed by atoms with van der Waals surface area (Å²) in [7, 11) is 1.99. The van der Waals surface area contributed by atoms with Gasteiger partial charge < -0.3 is 10.6 Å². The number of benzene rings is 1. The zero-order valence-electron chi connectivity index (χ0n) is 14.5. The number of aromatic amines is 1. The van der Waals surface area contributed by atoms with Crippen LogP contribution in [0.5, 0.6) is 0 Å². The first-order valence-electron chi connectivity index (χ1n) is 7.71. The van der Waals surface area contributed by atoms with E-state index in [-0.39, 0.29) is 17.8 Å². The molecule has 0 amide bonds. The Balaban J connectivity index is 0.00000312. The molecule has 0 bridgehead atoms. The number of hydrogen-bond donors (Lipinski definition) is 2. The first-order valence-corrected chi connectivity index (χ1v) is 7.71. The average Bonchev–Trinajstić information content (AvgIpc) is 2.94. The molecule has 2 rings (SSSR count). The highest BCUT2D eigenvalue weighted by Crippen LogP contribution is 2.31. The largest absolute Gasteiger partial charge is 0.416 e. The third kappa shape index (κ3) is 5.73. The lowest BCUT2D eigenvalue weighted by Gasteiger charge is -2.28. The van der Waals surface area contributed by atoms with E-state index in [9.17, 15) is 13.2 Å². The van der Waals surface area contributed by atoms with Gasteiger partial charge in [-0.3, -0.25) is 5.10 Å². The molecular formula is C17H24ClF3N4. The summed E-state index contributed by atoms with van der Waals surface area (Å²) < 4.78 is 38.0. The number of rotatable bonds is 6. The molecule has 25 heavy (non-hydrogen) atoms. The summed E-state index contributed by atoms with van der Waals surface area (Å²) in [5, 5.41) is 6.92. The first kappa shape index (κ1) is 21.5. The van der Waals surface area contributed by atoms with Gasteiger partial charge in [-0.05, 0) is 36.7 Å². The van der Waals surface area contributed by atoms with Gasteiger partial charge >= 0.3 is 6.18 Å². The molecule has 3 N–H and O–H groups in total. The van der Waals surface area contributed by atoms with Gasteiger partial charge in [0.05, 0.1) is 17.5 Å². The van der Waals surface area contributed by atoms with Gasteiger partial charge in [0.1, 0.15) is 0 Å². The van der Waals surface area contributed by atoms with E-state index in [1.165, 1.54) is 12.1 Å². The molecule has 8 heteroatoms. The Bertz CT molecular complexity index is 665. The van der Waals surface area contributed by atoms with Crippen molar-refractivity contribution in [1.29, 1.82) is 0 Å². The van der Waals surface area contributed by atoms with Gasteiger partial charge in [-0.2, -0.15) is 18.3 Å². The molecule has 0 fully saturated rings. The molecular weight excluding hydrogens is 353 g/mol. The molecule has 4 nitrogen and oxygen atoms in total. The highest BCUT2D eigenvalue weighted by atomic mass is 35.5. The smallest absolute Gasteiger partial charge is 0.330 e. The van der Waals surface area contributed by atoms with E-state index in [1.54, 1.807) is 6.20 Å². The molecule has 0 spiro atoms. The number of aromatic nitrogens is 2. The number of H-pyrrole nitrogens is 1. The fourth-order valence-corrected chi connectivity index (χ4v) is 2.65. The second kappa shape index (κ2) is 8.21. The lowest BCUT2D eigenvalue weighted by Crippen LogP contribution is -2.36. The van der Waals surface area contributed by atoms with Crippen molar-refractivity contribution in [2.75, 3.05) is 20.1 Å². The summed E-state index contributed by atoms with van der Waals surface area (Å²) in [4.78, 5) is 2.13. The standard InChI is InChI=1S/C17H23F3N4.ClH/c1-16(2,10-21)11-24(3)9-13-8-22-23-15(13)12-4-6-14(7-5-12)17(18,19)20;/h4-8H,9-11,21H2,1-3H3,(H,22,23);1H. The Morgan fingerprint density at radius 2 is 1.76 bits per heavy atom. The van der Waals surface area contributed by atoms with Gasteiger partial charge in [-0.1, -0.05) is 26.0 Å². The minimum Gasteiger partial charge on any atom is -0.330 e. The van der Waals surface area contributed by atoms with E-state index in [0.29, 0.717) is 18.7 Å². The molecule has 0 aliphatic rings. The van der Waals surface area contributed by atoms with Crippen LogP contribution in [0.1, 0.15) is 25.0 Å². The van der Waals surface area contributed by atoms with Gasteiger partial charge in [-0.15, -0.1) is 12.4 Å². The van der Waals surface area contributed by atoms with Crippen LogP contribution in [0, 0.1) is 5.41 Å². The summed E-state index contributed by atoms with van der Waals surface area (Å²) in [6.07, 6.45) is -2.62. The van der Waals surface area contributed by atoms with Crippen molar-refractivity contribution >= 4 is 12.4 Å². The Morgan fingerprint density at radius 3 is 2.28 bits per heavy atom. The van der Waals surface area contributed by atoms with Crippen molar-refractivity contribution in [2.24, 2.45) is 11.1 Å². The van der Waals surface area contributed by atoms with E-state index in [1.807, 2.05) is 7.05 Å². The summed E-state index contributed by atoms with van der Waals surface area (Å²) in [6.45, 7) is 6.21. The Labute approximate surface area is 152 Å². The van der Waals surface area contributed by atoms with Crippen molar-refractivity contribution < 1.29 is 13.2 Å².